The summed E-state index contributed by atoms with van der Waals surface area (Å²) in [7, 11) is 1.87. The van der Waals surface area contributed by atoms with Crippen LogP contribution in [0.3, 0.4) is 0 Å². The number of rotatable bonds is 5. The monoisotopic (exact) mass is 448 g/mol. The van der Waals surface area contributed by atoms with Crippen LogP contribution in [0.4, 0.5) is 11.8 Å². The molecular weight excluding hydrogens is 416 g/mol. The van der Waals surface area contributed by atoms with Gasteiger partial charge in [-0.3, -0.25) is 0 Å². The van der Waals surface area contributed by atoms with Crippen LogP contribution in [0.5, 0.6) is 0 Å². The SMILES string of the molecule is CNc1nc(NC2CCC(C)(O)CC2)nn2ccc(-c3ccc4nc(C)n(C(C)C)c4n3)c12. The molecule has 5 rings (SSSR count). The van der Waals surface area contributed by atoms with Crippen molar-refractivity contribution in [2.24, 2.45) is 0 Å². The zero-order valence-electron chi connectivity index (χ0n) is 19.9. The van der Waals surface area contributed by atoms with Gasteiger partial charge in [0.05, 0.1) is 11.3 Å². The van der Waals surface area contributed by atoms with Gasteiger partial charge in [0, 0.05) is 30.9 Å². The molecular formula is C24H32N8O. The highest BCUT2D eigenvalue weighted by atomic mass is 16.3. The Labute approximate surface area is 193 Å². The van der Waals surface area contributed by atoms with Crippen LogP contribution in [0.25, 0.3) is 27.9 Å². The number of nitrogens with one attached hydrogen (secondary N) is 2. The van der Waals surface area contributed by atoms with Gasteiger partial charge in [-0.1, -0.05) is 0 Å². The molecule has 4 heterocycles. The highest BCUT2D eigenvalue weighted by molar-refractivity contribution is 5.89. The van der Waals surface area contributed by atoms with Crippen LogP contribution in [0, 0.1) is 6.92 Å². The van der Waals surface area contributed by atoms with Crippen LogP contribution in [-0.2, 0) is 0 Å². The Bertz CT molecular complexity index is 1310. The van der Waals surface area contributed by atoms with Crippen molar-refractivity contribution in [1.82, 2.24) is 29.1 Å². The van der Waals surface area contributed by atoms with E-state index in [1.54, 1.807) is 0 Å². The molecule has 1 aliphatic rings. The summed E-state index contributed by atoms with van der Waals surface area (Å²) >= 11 is 0. The van der Waals surface area contributed by atoms with Crippen LogP contribution in [0.2, 0.25) is 0 Å². The van der Waals surface area contributed by atoms with E-state index in [-0.39, 0.29) is 12.1 Å². The number of fused-ring (bicyclic) bond motifs is 2. The average molecular weight is 449 g/mol. The number of imidazole rings is 1. The molecule has 0 unspecified atom stereocenters. The van der Waals surface area contributed by atoms with Crippen molar-refractivity contribution in [1.29, 1.82) is 0 Å². The third-order valence-corrected chi connectivity index (χ3v) is 6.65. The summed E-state index contributed by atoms with van der Waals surface area (Å²) in [6.45, 7) is 8.22. The first kappa shape index (κ1) is 21.6. The number of nitrogens with zero attached hydrogens (tertiary/aromatic N) is 6. The molecule has 174 valence electrons. The lowest BCUT2D eigenvalue weighted by Gasteiger charge is -2.33. The minimum Gasteiger partial charge on any atom is -0.390 e. The van der Waals surface area contributed by atoms with E-state index < -0.39 is 5.60 Å². The fraction of sp³-hybridized carbons (Fsp3) is 0.500. The Kier molecular flexibility index (Phi) is 5.23. The number of pyridine rings is 1. The molecule has 1 aliphatic carbocycles. The Hall–Kier alpha value is -3.20. The predicted octanol–water partition coefficient (Wildman–Crippen LogP) is 4.18. The van der Waals surface area contributed by atoms with Gasteiger partial charge in [-0.15, -0.1) is 5.10 Å². The lowest BCUT2D eigenvalue weighted by atomic mass is 9.84. The maximum Gasteiger partial charge on any atom is 0.243 e. The molecule has 9 nitrogen and oxygen atoms in total. The van der Waals surface area contributed by atoms with Gasteiger partial charge in [-0.25, -0.2) is 14.5 Å². The molecule has 4 aromatic heterocycles. The highest BCUT2D eigenvalue weighted by Crippen LogP contribution is 2.32. The molecule has 0 aromatic carbocycles. The minimum atomic E-state index is -0.563. The smallest absolute Gasteiger partial charge is 0.243 e. The first-order chi connectivity index (χ1) is 15.8. The first-order valence-electron chi connectivity index (χ1n) is 11.7. The zero-order valence-corrected chi connectivity index (χ0v) is 19.9. The van der Waals surface area contributed by atoms with Crippen molar-refractivity contribution in [2.75, 3.05) is 17.7 Å². The fourth-order valence-corrected chi connectivity index (χ4v) is 4.89. The van der Waals surface area contributed by atoms with Crippen molar-refractivity contribution in [3.8, 4) is 11.3 Å². The van der Waals surface area contributed by atoms with Gasteiger partial charge >= 0.3 is 0 Å². The maximum absolute atomic E-state index is 10.2. The van der Waals surface area contributed by atoms with E-state index in [9.17, 15) is 5.11 Å². The third-order valence-electron chi connectivity index (χ3n) is 6.65. The Morgan fingerprint density at radius 2 is 1.88 bits per heavy atom. The van der Waals surface area contributed by atoms with Crippen molar-refractivity contribution >= 4 is 28.4 Å². The largest absolute Gasteiger partial charge is 0.390 e. The zero-order chi connectivity index (χ0) is 23.3. The lowest BCUT2D eigenvalue weighted by Crippen LogP contribution is -2.36. The normalized spacial score (nSPS) is 21.2. The maximum atomic E-state index is 10.2. The number of aryl methyl sites for hydroxylation is 1. The second kappa shape index (κ2) is 7.98. The lowest BCUT2D eigenvalue weighted by molar-refractivity contribution is 0.0195. The summed E-state index contributed by atoms with van der Waals surface area (Å²) in [5, 5.41) is 21.6. The summed E-state index contributed by atoms with van der Waals surface area (Å²) in [5.74, 6) is 2.29. The summed E-state index contributed by atoms with van der Waals surface area (Å²) in [5.41, 5.74) is 3.94. The summed E-state index contributed by atoms with van der Waals surface area (Å²) in [6.07, 6.45) is 5.29. The molecule has 0 amide bonds. The van der Waals surface area contributed by atoms with Crippen molar-refractivity contribution in [3.05, 3.63) is 30.2 Å². The first-order valence-corrected chi connectivity index (χ1v) is 11.7. The third kappa shape index (κ3) is 3.90. The Morgan fingerprint density at radius 1 is 1.12 bits per heavy atom. The number of aliphatic hydroxyl groups is 1. The summed E-state index contributed by atoms with van der Waals surface area (Å²) in [6, 6.07) is 6.60. The molecule has 0 aliphatic heterocycles. The van der Waals surface area contributed by atoms with Crippen molar-refractivity contribution in [3.63, 3.8) is 0 Å². The molecule has 4 aromatic rings. The van der Waals surface area contributed by atoms with Gasteiger partial charge in [0.2, 0.25) is 5.95 Å². The van der Waals surface area contributed by atoms with E-state index in [0.29, 0.717) is 5.95 Å². The van der Waals surface area contributed by atoms with Crippen LogP contribution in [0.1, 0.15) is 58.3 Å². The average Bonchev–Trinajstić information content (AvgIpc) is 3.34. The molecule has 33 heavy (non-hydrogen) atoms. The van der Waals surface area contributed by atoms with E-state index in [1.807, 2.05) is 49.8 Å². The van der Waals surface area contributed by atoms with Gasteiger partial charge in [0.15, 0.2) is 11.5 Å². The van der Waals surface area contributed by atoms with Gasteiger partial charge in [0.25, 0.3) is 0 Å². The summed E-state index contributed by atoms with van der Waals surface area (Å²) in [4.78, 5) is 14.4. The molecule has 0 bridgehead atoms. The topological polar surface area (TPSA) is 105 Å². The molecule has 1 saturated carbocycles. The second-order valence-corrected chi connectivity index (χ2v) is 9.63. The van der Waals surface area contributed by atoms with E-state index in [1.165, 1.54) is 0 Å². The van der Waals surface area contributed by atoms with Crippen molar-refractivity contribution < 1.29 is 5.11 Å². The van der Waals surface area contributed by atoms with E-state index in [0.717, 1.165) is 65.3 Å². The molecule has 0 saturated heterocycles. The number of anilines is 2. The van der Waals surface area contributed by atoms with Crippen LogP contribution < -0.4 is 10.6 Å². The molecule has 0 atom stereocenters. The standard InChI is InChI=1S/C24H32N8O/c1-14(2)32-15(3)26-19-7-6-18(28-22(19)32)17-10-13-31-20(17)21(25-5)29-23(30-31)27-16-8-11-24(4,33)12-9-16/h6-7,10,13-14,16,33H,8-9,11-12H2,1-5H3,(H2,25,27,29,30). The fourth-order valence-electron chi connectivity index (χ4n) is 4.89. The quantitative estimate of drug-likeness (QED) is 0.421. The Balaban J connectivity index is 1.52. The molecule has 9 heteroatoms. The molecule has 0 radical (unpaired) electrons. The van der Waals surface area contributed by atoms with E-state index >= 15 is 0 Å². The van der Waals surface area contributed by atoms with E-state index in [2.05, 4.69) is 34.0 Å². The van der Waals surface area contributed by atoms with Crippen LogP contribution in [-0.4, -0.2) is 52.9 Å². The van der Waals surface area contributed by atoms with Crippen molar-refractivity contribution in [2.45, 2.75) is 71.1 Å². The second-order valence-electron chi connectivity index (χ2n) is 9.63. The van der Waals surface area contributed by atoms with E-state index in [4.69, 9.17) is 15.1 Å². The number of aromatic nitrogens is 6. The summed E-state index contributed by atoms with van der Waals surface area (Å²) < 4.78 is 4.02. The number of hydrogen-bond acceptors (Lipinski definition) is 7. The van der Waals surface area contributed by atoms with Crippen LogP contribution >= 0.6 is 0 Å². The minimum absolute atomic E-state index is 0.256. The highest BCUT2D eigenvalue weighted by Gasteiger charge is 2.29. The van der Waals surface area contributed by atoms with Gasteiger partial charge in [-0.05, 0) is 71.6 Å². The number of hydrogen-bond donors (Lipinski definition) is 3. The molecule has 1 fully saturated rings. The molecule has 0 spiro atoms. The predicted molar refractivity (Wildman–Crippen MR) is 131 cm³/mol. The molecule has 3 N–H and O–H groups in total. The van der Waals surface area contributed by atoms with Gasteiger partial charge in [0.1, 0.15) is 16.9 Å². The van der Waals surface area contributed by atoms with Gasteiger partial charge in [-0.2, -0.15) is 4.98 Å². The Morgan fingerprint density at radius 3 is 2.58 bits per heavy atom. The van der Waals surface area contributed by atoms with Crippen LogP contribution in [0.15, 0.2) is 24.4 Å². The van der Waals surface area contributed by atoms with Gasteiger partial charge < -0.3 is 20.3 Å².